The number of benzene rings is 7. The fourth-order valence-corrected chi connectivity index (χ4v) is 10.6. The Morgan fingerprint density at radius 2 is 0.868 bits per heavy atom. The molecule has 0 N–H and O–H groups in total. The van der Waals surface area contributed by atoms with Gasteiger partial charge in [0.1, 0.15) is 45.2 Å². The van der Waals surface area contributed by atoms with Gasteiger partial charge in [0.2, 0.25) is 0 Å². The lowest BCUT2D eigenvalue weighted by Crippen LogP contribution is -2.60. The minimum Gasteiger partial charge on any atom is -0.468 e. The molecule has 6 nitrogen and oxygen atoms in total. The lowest BCUT2D eigenvalue weighted by atomic mass is 9.37. The number of para-hydroxylation sites is 2. The van der Waals surface area contributed by atoms with E-state index in [4.69, 9.17) is 17.7 Å². The van der Waals surface area contributed by atoms with Crippen molar-refractivity contribution in [1.82, 2.24) is 0 Å². The molecule has 0 saturated heterocycles. The molecular weight excluding hydrogens is 835 g/mol. The van der Waals surface area contributed by atoms with E-state index in [0.717, 1.165) is 117 Å². The van der Waals surface area contributed by atoms with Crippen molar-refractivity contribution in [3.05, 3.63) is 174 Å². The second-order valence-corrected chi connectivity index (χ2v) is 21.2. The molecule has 6 heterocycles. The van der Waals surface area contributed by atoms with Gasteiger partial charge in [0, 0.05) is 55.4 Å². The van der Waals surface area contributed by atoms with Crippen LogP contribution in [0.1, 0.15) is 78.0 Å². The average molecular weight is 887 g/mol. The SMILES string of the molecule is CC(C)c1cc2c3c(c1)N(c1ccc(-c4cc5ccccc5o4)cc1)c1c(oc4ccc(C(C)(C)C)cc14)B3c1oc3ccc(C(C)(C)C)cc3c1N2c1ccc(-c2cc3ccccc3o2)cc1. The Morgan fingerprint density at radius 3 is 1.26 bits per heavy atom. The third-order valence-corrected chi connectivity index (χ3v) is 14.3. The first-order valence-electron chi connectivity index (χ1n) is 23.9. The zero-order valence-corrected chi connectivity index (χ0v) is 39.7. The van der Waals surface area contributed by atoms with Crippen molar-refractivity contribution < 1.29 is 17.7 Å². The van der Waals surface area contributed by atoms with Crippen molar-refractivity contribution in [3.63, 3.8) is 0 Å². The van der Waals surface area contributed by atoms with Gasteiger partial charge < -0.3 is 27.5 Å². The first-order valence-corrected chi connectivity index (χ1v) is 23.9. The van der Waals surface area contributed by atoms with Gasteiger partial charge in [-0.1, -0.05) is 104 Å². The Bertz CT molecular complexity index is 3500. The molecule has 0 bridgehead atoms. The molecule has 2 aliphatic rings. The molecule has 7 heteroatoms. The summed E-state index contributed by atoms with van der Waals surface area (Å²) in [5.74, 6) is 1.91. The van der Waals surface area contributed by atoms with E-state index in [1.54, 1.807) is 0 Å². The quantitative estimate of drug-likeness (QED) is 0.161. The van der Waals surface area contributed by atoms with Crippen LogP contribution in [0.5, 0.6) is 0 Å². The highest BCUT2D eigenvalue weighted by Gasteiger charge is 2.50. The molecule has 0 saturated carbocycles. The predicted octanol–water partition coefficient (Wildman–Crippen LogP) is 15.8. The van der Waals surface area contributed by atoms with E-state index in [-0.39, 0.29) is 23.5 Å². The van der Waals surface area contributed by atoms with Crippen LogP contribution in [0.2, 0.25) is 0 Å². The summed E-state index contributed by atoms with van der Waals surface area (Å²) < 4.78 is 27.3. The van der Waals surface area contributed by atoms with Crippen molar-refractivity contribution in [2.75, 3.05) is 9.80 Å². The highest BCUT2D eigenvalue weighted by molar-refractivity contribution is 6.99. The number of anilines is 6. The van der Waals surface area contributed by atoms with Crippen LogP contribution in [0.4, 0.5) is 34.1 Å². The Kier molecular flexibility index (Phi) is 8.62. The molecule has 4 aromatic heterocycles. The molecule has 7 aromatic carbocycles. The van der Waals surface area contributed by atoms with Crippen molar-refractivity contribution in [2.45, 2.75) is 72.1 Å². The highest BCUT2D eigenvalue weighted by atomic mass is 16.4. The normalized spacial score (nSPS) is 13.6. The second-order valence-electron chi connectivity index (χ2n) is 21.2. The third kappa shape index (κ3) is 6.17. The van der Waals surface area contributed by atoms with Crippen molar-refractivity contribution >= 4 is 101 Å². The van der Waals surface area contributed by atoms with Crippen LogP contribution < -0.4 is 26.6 Å². The summed E-state index contributed by atoms with van der Waals surface area (Å²) in [6.45, 7) is 17.9. The third-order valence-electron chi connectivity index (χ3n) is 14.3. The molecule has 68 heavy (non-hydrogen) atoms. The largest absolute Gasteiger partial charge is 0.468 e. The molecule has 0 radical (unpaired) electrons. The van der Waals surface area contributed by atoms with Crippen LogP contribution in [0.3, 0.4) is 0 Å². The molecule has 0 amide bonds. The molecule has 0 atom stereocenters. The number of hydrogen-bond donors (Lipinski definition) is 0. The zero-order chi connectivity index (χ0) is 46.4. The van der Waals surface area contributed by atoms with E-state index in [1.165, 1.54) is 16.7 Å². The summed E-state index contributed by atoms with van der Waals surface area (Å²) in [6, 6.07) is 56.5. The lowest BCUT2D eigenvalue weighted by molar-refractivity contribution is 0.590. The second kappa shape index (κ2) is 14.4. The summed E-state index contributed by atoms with van der Waals surface area (Å²) in [4.78, 5) is 4.90. The van der Waals surface area contributed by atoms with E-state index in [2.05, 4.69) is 187 Å². The Balaban J connectivity index is 1.08. The van der Waals surface area contributed by atoms with Gasteiger partial charge in [-0.2, -0.15) is 0 Å². The summed E-state index contributed by atoms with van der Waals surface area (Å²) in [6.07, 6.45) is 0. The number of rotatable bonds is 5. The van der Waals surface area contributed by atoms with E-state index in [1.807, 2.05) is 36.4 Å². The number of furan rings is 4. The maximum Gasteiger partial charge on any atom is 0.342 e. The average Bonchev–Trinajstić information content (AvgIpc) is 4.13. The summed E-state index contributed by atoms with van der Waals surface area (Å²) in [7, 11) is 0. The van der Waals surface area contributed by atoms with Gasteiger partial charge in [-0.05, 0) is 148 Å². The molecule has 13 rings (SSSR count). The van der Waals surface area contributed by atoms with Crippen molar-refractivity contribution in [1.29, 1.82) is 0 Å². The molecule has 332 valence electrons. The number of nitrogens with zero attached hydrogens (tertiary/aromatic N) is 2. The lowest BCUT2D eigenvalue weighted by Gasteiger charge is -2.41. The first kappa shape index (κ1) is 40.6. The topological polar surface area (TPSA) is 59.0 Å². The predicted molar refractivity (Wildman–Crippen MR) is 282 cm³/mol. The van der Waals surface area contributed by atoms with Crippen LogP contribution >= 0.6 is 0 Å². The van der Waals surface area contributed by atoms with E-state index >= 15 is 0 Å². The van der Waals surface area contributed by atoms with Gasteiger partial charge in [0.05, 0.1) is 11.4 Å². The smallest absolute Gasteiger partial charge is 0.342 e. The molecule has 11 aromatic rings. The monoisotopic (exact) mass is 886 g/mol. The van der Waals surface area contributed by atoms with E-state index < -0.39 is 0 Å². The molecule has 0 fully saturated rings. The maximum atomic E-state index is 7.28. The Morgan fingerprint density at radius 1 is 0.441 bits per heavy atom. The first-order chi connectivity index (χ1) is 32.8. The van der Waals surface area contributed by atoms with Crippen LogP contribution in [-0.4, -0.2) is 6.71 Å². The van der Waals surface area contributed by atoms with Gasteiger partial charge >= 0.3 is 6.71 Å². The highest BCUT2D eigenvalue weighted by Crippen LogP contribution is 2.51. The summed E-state index contributed by atoms with van der Waals surface area (Å²) >= 11 is 0. The van der Waals surface area contributed by atoms with Gasteiger partial charge in [-0.3, -0.25) is 0 Å². The summed E-state index contributed by atoms with van der Waals surface area (Å²) in [5.41, 5.74) is 18.3. The van der Waals surface area contributed by atoms with Crippen molar-refractivity contribution in [2.24, 2.45) is 0 Å². The molecule has 0 aliphatic carbocycles. The van der Waals surface area contributed by atoms with Crippen molar-refractivity contribution in [3.8, 4) is 22.6 Å². The summed E-state index contributed by atoms with van der Waals surface area (Å²) in [5, 5.41) is 4.32. The number of hydrogen-bond acceptors (Lipinski definition) is 6. The molecular formula is C61H51BN2O4. The van der Waals surface area contributed by atoms with Gasteiger partial charge in [0.15, 0.2) is 0 Å². The maximum absolute atomic E-state index is 7.28. The Hall–Kier alpha value is -7.64. The van der Waals surface area contributed by atoms with Gasteiger partial charge in [-0.15, -0.1) is 0 Å². The minimum atomic E-state index is -0.334. The van der Waals surface area contributed by atoms with Crippen LogP contribution in [0.15, 0.2) is 175 Å². The molecule has 0 spiro atoms. The fraction of sp³-hybridized carbons (Fsp3) is 0.180. The van der Waals surface area contributed by atoms with Gasteiger partial charge in [-0.25, -0.2) is 0 Å². The van der Waals surface area contributed by atoms with E-state index in [9.17, 15) is 0 Å². The minimum absolute atomic E-state index is 0.0794. The molecule has 0 unspecified atom stereocenters. The standard InChI is InChI=1S/C61H51BN2O4/c1-35(2)40-29-47-55-48(30-40)64(44-25-19-37(20-26-44)54-32-39-14-10-12-16-50(39)66-54)57-46-34-42(61(6,7)8)22-28-52(46)68-59(57)62(55)58-56(45-33-41(60(3,4)5)21-27-51(45)67-58)63(47)43-23-17-36(18-24-43)53-31-38-13-9-11-15-49(38)65-53/h9-35H,1-8H3. The van der Waals surface area contributed by atoms with E-state index in [0.29, 0.717) is 0 Å². The zero-order valence-electron chi connectivity index (χ0n) is 39.7. The molecule has 2 aliphatic heterocycles. The fourth-order valence-electron chi connectivity index (χ4n) is 10.6. The van der Waals surface area contributed by atoms with Gasteiger partial charge in [0.25, 0.3) is 0 Å². The Labute approximate surface area is 396 Å². The van der Waals surface area contributed by atoms with Crippen LogP contribution in [-0.2, 0) is 10.8 Å². The van der Waals surface area contributed by atoms with Crippen LogP contribution in [0.25, 0.3) is 66.5 Å². The van der Waals surface area contributed by atoms with Crippen LogP contribution in [0, 0.1) is 0 Å². The number of fused-ring (bicyclic) bond motifs is 10.